The third-order valence-electron chi connectivity index (χ3n) is 2.38. The number of ether oxygens (including phenoxy) is 1. The number of alkyl halides is 3. The molecule has 110 valence electrons. The van der Waals surface area contributed by atoms with Crippen molar-refractivity contribution < 1.29 is 22.8 Å². The van der Waals surface area contributed by atoms with Crippen molar-refractivity contribution >= 4 is 17.3 Å². The van der Waals surface area contributed by atoms with E-state index in [0.29, 0.717) is 0 Å². The van der Waals surface area contributed by atoms with Crippen LogP contribution in [0.3, 0.4) is 0 Å². The van der Waals surface area contributed by atoms with Crippen LogP contribution in [0.2, 0.25) is 5.15 Å². The Morgan fingerprint density at radius 1 is 1.24 bits per heavy atom. The monoisotopic (exact) mass is 318 g/mol. The van der Waals surface area contributed by atoms with Gasteiger partial charge in [0.2, 0.25) is 0 Å². The average molecular weight is 319 g/mol. The van der Waals surface area contributed by atoms with Crippen LogP contribution in [-0.4, -0.2) is 16.3 Å². The number of pyridine rings is 1. The van der Waals surface area contributed by atoms with E-state index in [9.17, 15) is 23.3 Å². The van der Waals surface area contributed by atoms with E-state index < -0.39 is 17.0 Å². The van der Waals surface area contributed by atoms with Crippen LogP contribution in [0.5, 0.6) is 5.75 Å². The van der Waals surface area contributed by atoms with Crippen molar-refractivity contribution in [1.82, 2.24) is 4.98 Å². The van der Waals surface area contributed by atoms with Gasteiger partial charge in [-0.1, -0.05) is 23.7 Å². The van der Waals surface area contributed by atoms with Crippen molar-refractivity contribution in [3.63, 3.8) is 0 Å². The zero-order valence-corrected chi connectivity index (χ0v) is 10.9. The van der Waals surface area contributed by atoms with Crippen molar-refractivity contribution in [2.24, 2.45) is 0 Å². The Bertz CT molecular complexity index is 692. The average Bonchev–Trinajstić information content (AvgIpc) is 2.36. The summed E-state index contributed by atoms with van der Waals surface area (Å²) in [7, 11) is 0. The summed E-state index contributed by atoms with van der Waals surface area (Å²) in [5, 5.41) is 10.6. The molecule has 1 aromatic carbocycles. The molecule has 0 N–H and O–H groups in total. The second-order valence-corrected chi connectivity index (χ2v) is 4.22. The van der Waals surface area contributed by atoms with E-state index in [0.717, 1.165) is 18.2 Å². The molecule has 21 heavy (non-hydrogen) atoms. The minimum Gasteiger partial charge on any atom is -0.405 e. The number of rotatable bonds is 3. The Hall–Kier alpha value is -2.35. The van der Waals surface area contributed by atoms with Crippen LogP contribution in [0, 0.1) is 10.1 Å². The highest BCUT2D eigenvalue weighted by atomic mass is 35.5. The number of benzene rings is 1. The fraction of sp³-hybridized carbons (Fsp3) is 0.0833. The molecule has 0 amide bonds. The summed E-state index contributed by atoms with van der Waals surface area (Å²) in [4.78, 5) is 13.8. The lowest BCUT2D eigenvalue weighted by Gasteiger charge is -2.12. The van der Waals surface area contributed by atoms with Gasteiger partial charge in [0.05, 0.1) is 16.7 Å². The molecule has 0 aliphatic rings. The fourth-order valence-electron chi connectivity index (χ4n) is 1.62. The first-order valence-electron chi connectivity index (χ1n) is 5.43. The van der Waals surface area contributed by atoms with Gasteiger partial charge in [0.25, 0.3) is 5.69 Å². The summed E-state index contributed by atoms with van der Waals surface area (Å²) in [6, 6.07) is 7.18. The first-order valence-corrected chi connectivity index (χ1v) is 5.81. The zero-order valence-electron chi connectivity index (χ0n) is 10.1. The van der Waals surface area contributed by atoms with Gasteiger partial charge in [-0.05, 0) is 12.1 Å². The van der Waals surface area contributed by atoms with Gasteiger partial charge in [0, 0.05) is 11.6 Å². The minimum atomic E-state index is -4.89. The maximum absolute atomic E-state index is 12.3. The zero-order chi connectivity index (χ0) is 15.6. The molecule has 0 saturated heterocycles. The third-order valence-corrected chi connectivity index (χ3v) is 2.57. The van der Waals surface area contributed by atoms with E-state index in [1.807, 2.05) is 0 Å². The maximum atomic E-state index is 12.3. The second-order valence-electron chi connectivity index (χ2n) is 3.83. The highest BCUT2D eigenvalue weighted by Crippen LogP contribution is 2.34. The van der Waals surface area contributed by atoms with Gasteiger partial charge in [0.1, 0.15) is 10.9 Å². The van der Waals surface area contributed by atoms with Crippen LogP contribution in [0.15, 0.2) is 36.4 Å². The topological polar surface area (TPSA) is 65.3 Å². The molecule has 2 aromatic rings. The molecule has 0 bridgehead atoms. The van der Waals surface area contributed by atoms with Crippen molar-refractivity contribution in [1.29, 1.82) is 0 Å². The molecule has 1 aromatic heterocycles. The lowest BCUT2D eigenvalue weighted by molar-refractivity contribution is -0.384. The fourth-order valence-corrected chi connectivity index (χ4v) is 1.82. The van der Waals surface area contributed by atoms with Crippen LogP contribution in [0.1, 0.15) is 0 Å². The van der Waals surface area contributed by atoms with Crippen LogP contribution in [0.25, 0.3) is 11.3 Å². The first-order chi connectivity index (χ1) is 9.76. The van der Waals surface area contributed by atoms with E-state index in [1.54, 1.807) is 0 Å². The first kappa shape index (κ1) is 15.0. The summed E-state index contributed by atoms with van der Waals surface area (Å²) in [5.41, 5.74) is -0.527. The Labute approximate surface area is 121 Å². The molecule has 0 spiro atoms. The summed E-state index contributed by atoms with van der Waals surface area (Å²) in [5.74, 6) is -0.519. The van der Waals surface area contributed by atoms with Crippen LogP contribution >= 0.6 is 11.6 Å². The number of nitrogens with zero attached hydrogens (tertiary/aromatic N) is 2. The Morgan fingerprint density at radius 3 is 2.52 bits per heavy atom. The number of halogens is 4. The number of aromatic nitrogens is 1. The predicted molar refractivity (Wildman–Crippen MR) is 68.0 cm³/mol. The summed E-state index contributed by atoms with van der Waals surface area (Å²) in [6.07, 6.45) is -4.89. The molecule has 0 atom stereocenters. The van der Waals surface area contributed by atoms with E-state index >= 15 is 0 Å². The molecule has 5 nitrogen and oxygen atoms in total. The van der Waals surface area contributed by atoms with Gasteiger partial charge in [-0.25, -0.2) is 4.98 Å². The van der Waals surface area contributed by atoms with Gasteiger partial charge < -0.3 is 4.74 Å². The largest absolute Gasteiger partial charge is 0.573 e. The number of nitro groups is 1. The highest BCUT2D eigenvalue weighted by Gasteiger charge is 2.32. The molecule has 9 heteroatoms. The molecular weight excluding hydrogens is 313 g/mol. The van der Waals surface area contributed by atoms with E-state index in [1.165, 1.54) is 18.2 Å². The molecule has 0 fully saturated rings. The molecular formula is C12H6ClF3N2O3. The normalized spacial score (nSPS) is 11.2. The van der Waals surface area contributed by atoms with Gasteiger partial charge in [-0.3, -0.25) is 10.1 Å². The number of hydrogen-bond acceptors (Lipinski definition) is 4. The standard InChI is InChI=1S/C12H6ClF3N2O3/c13-11-6-7(18(19)20)5-9(17-11)8-3-1-2-4-10(8)21-12(14,15)16/h1-6H. The predicted octanol–water partition coefficient (Wildman–Crippen LogP) is 4.21. The van der Waals surface area contributed by atoms with E-state index in [-0.39, 0.29) is 22.1 Å². The van der Waals surface area contributed by atoms with Crippen molar-refractivity contribution in [3.05, 3.63) is 51.7 Å². The second kappa shape index (κ2) is 5.57. The van der Waals surface area contributed by atoms with Gasteiger partial charge >= 0.3 is 6.36 Å². The third kappa shape index (κ3) is 3.82. The molecule has 2 rings (SSSR count). The van der Waals surface area contributed by atoms with Crippen LogP contribution in [0.4, 0.5) is 18.9 Å². The molecule has 0 unspecified atom stereocenters. The maximum Gasteiger partial charge on any atom is 0.573 e. The number of hydrogen-bond donors (Lipinski definition) is 0. The number of para-hydroxylation sites is 1. The van der Waals surface area contributed by atoms with Crippen LogP contribution < -0.4 is 4.74 Å². The lowest BCUT2D eigenvalue weighted by atomic mass is 10.1. The Balaban J connectivity index is 2.54. The summed E-state index contributed by atoms with van der Waals surface area (Å²) >= 11 is 5.65. The minimum absolute atomic E-state index is 0.0552. The summed E-state index contributed by atoms with van der Waals surface area (Å²) in [6.45, 7) is 0. The SMILES string of the molecule is O=[N+]([O-])c1cc(Cl)nc(-c2ccccc2OC(F)(F)F)c1. The lowest BCUT2D eigenvalue weighted by Crippen LogP contribution is -2.17. The van der Waals surface area contributed by atoms with E-state index in [2.05, 4.69) is 9.72 Å². The van der Waals surface area contributed by atoms with Crippen molar-refractivity contribution in [3.8, 4) is 17.0 Å². The van der Waals surface area contributed by atoms with Gasteiger partial charge in [-0.2, -0.15) is 0 Å². The summed E-state index contributed by atoms with van der Waals surface area (Å²) < 4.78 is 40.9. The van der Waals surface area contributed by atoms with Gasteiger partial charge in [-0.15, -0.1) is 13.2 Å². The highest BCUT2D eigenvalue weighted by molar-refractivity contribution is 6.29. The van der Waals surface area contributed by atoms with E-state index in [4.69, 9.17) is 11.6 Å². The molecule has 0 aliphatic carbocycles. The molecule has 0 aliphatic heterocycles. The van der Waals surface area contributed by atoms with Crippen molar-refractivity contribution in [2.45, 2.75) is 6.36 Å². The Morgan fingerprint density at radius 2 is 1.90 bits per heavy atom. The molecule has 1 heterocycles. The molecule has 0 radical (unpaired) electrons. The van der Waals surface area contributed by atoms with Crippen LogP contribution in [-0.2, 0) is 0 Å². The smallest absolute Gasteiger partial charge is 0.405 e. The van der Waals surface area contributed by atoms with Gasteiger partial charge in [0.15, 0.2) is 0 Å². The Kier molecular flexibility index (Phi) is 3.99. The molecule has 0 saturated carbocycles. The van der Waals surface area contributed by atoms with Crippen molar-refractivity contribution in [2.75, 3.05) is 0 Å². The quantitative estimate of drug-likeness (QED) is 0.483.